The summed E-state index contributed by atoms with van der Waals surface area (Å²) >= 11 is 0. The molecule has 0 spiro atoms. The third-order valence-corrected chi connectivity index (χ3v) is 13.7. The zero-order chi connectivity index (χ0) is 29.3. The van der Waals surface area contributed by atoms with Gasteiger partial charge in [-0.2, -0.15) is 0 Å². The molecular formula is C39H70O2. The molecule has 0 aromatic carbocycles. The molecule has 0 saturated heterocycles. The number of hydrogen-bond donors (Lipinski definition) is 0. The maximum Gasteiger partial charge on any atom is 0.305 e. The second-order valence-electron chi connectivity index (χ2n) is 16.4. The summed E-state index contributed by atoms with van der Waals surface area (Å²) in [7, 11) is 0. The van der Waals surface area contributed by atoms with Crippen LogP contribution in [0.5, 0.6) is 0 Å². The van der Waals surface area contributed by atoms with Gasteiger partial charge in [0.15, 0.2) is 0 Å². The molecule has 0 aliphatic heterocycles. The predicted molar refractivity (Wildman–Crippen MR) is 175 cm³/mol. The van der Waals surface area contributed by atoms with E-state index in [9.17, 15) is 4.79 Å². The maximum absolute atomic E-state index is 12.3. The van der Waals surface area contributed by atoms with E-state index in [1.807, 2.05) is 0 Å². The van der Waals surface area contributed by atoms with Gasteiger partial charge in [0.25, 0.3) is 0 Å². The van der Waals surface area contributed by atoms with Gasteiger partial charge >= 0.3 is 5.97 Å². The monoisotopic (exact) mass is 571 g/mol. The molecule has 4 rings (SSSR count). The molecule has 4 fully saturated rings. The van der Waals surface area contributed by atoms with E-state index in [1.165, 1.54) is 128 Å². The van der Waals surface area contributed by atoms with Gasteiger partial charge in [-0.3, -0.25) is 4.79 Å². The number of carbonyl (C=O) groups is 1. The molecule has 0 N–H and O–H groups in total. The summed E-state index contributed by atoms with van der Waals surface area (Å²) in [5.41, 5.74) is 1.26. The zero-order valence-corrected chi connectivity index (χ0v) is 28.3. The highest BCUT2D eigenvalue weighted by Gasteiger charge is 2.60. The van der Waals surface area contributed by atoms with Crippen molar-refractivity contribution < 1.29 is 9.53 Å². The minimum atomic E-state index is 0.0322. The fraction of sp³-hybridized carbons (Fsp3) is 0.974. The van der Waals surface area contributed by atoms with E-state index in [0.29, 0.717) is 29.8 Å². The third-order valence-electron chi connectivity index (χ3n) is 13.7. The molecular weight excluding hydrogens is 500 g/mol. The van der Waals surface area contributed by atoms with Crippen molar-refractivity contribution in [1.82, 2.24) is 0 Å². The van der Waals surface area contributed by atoms with Crippen molar-refractivity contribution in [2.45, 2.75) is 182 Å². The lowest BCUT2D eigenvalue weighted by atomic mass is 9.44. The number of unbranched alkanes of at least 4 members (excludes halogenated alkanes) is 8. The van der Waals surface area contributed by atoms with Crippen LogP contribution in [0.2, 0.25) is 0 Å². The fourth-order valence-corrected chi connectivity index (χ4v) is 11.2. The van der Waals surface area contributed by atoms with Gasteiger partial charge < -0.3 is 4.74 Å². The summed E-state index contributed by atoms with van der Waals surface area (Å²) in [6, 6.07) is 0. The number of hydrogen-bond acceptors (Lipinski definition) is 2. The van der Waals surface area contributed by atoms with Crippen LogP contribution in [0.4, 0.5) is 0 Å². The van der Waals surface area contributed by atoms with Gasteiger partial charge in [0.05, 0.1) is 6.61 Å². The van der Waals surface area contributed by atoms with Gasteiger partial charge in [-0.05, 0) is 116 Å². The standard InChI is InChI=1S/C39H70O2/c1-6-7-8-9-10-11-12-13-14-21-37(40)41-29-30(2)18-17-19-31(3)34-24-25-35-33-23-22-32-20-15-16-27-38(32,4)36(33)26-28-39(34,35)5/h30-36H,6-29H2,1-5H3/t30?,31-,32?,33+,34-,35+,36+,38+,39-/m1/s1. The summed E-state index contributed by atoms with van der Waals surface area (Å²) in [6.45, 7) is 13.2. The Balaban J connectivity index is 1.10. The van der Waals surface area contributed by atoms with Crippen LogP contribution in [0.25, 0.3) is 0 Å². The van der Waals surface area contributed by atoms with E-state index in [2.05, 4.69) is 34.6 Å². The highest BCUT2D eigenvalue weighted by molar-refractivity contribution is 5.69. The van der Waals surface area contributed by atoms with E-state index < -0.39 is 0 Å². The number of carbonyl (C=O) groups excluding carboxylic acids is 1. The van der Waals surface area contributed by atoms with E-state index in [1.54, 1.807) is 6.42 Å². The predicted octanol–water partition coefficient (Wildman–Crippen LogP) is 11.9. The molecule has 238 valence electrons. The molecule has 0 bridgehead atoms. The summed E-state index contributed by atoms with van der Waals surface area (Å²) in [5.74, 6) is 6.37. The van der Waals surface area contributed by atoms with Gasteiger partial charge in [-0.25, -0.2) is 0 Å². The Morgan fingerprint density at radius 3 is 2.20 bits per heavy atom. The smallest absolute Gasteiger partial charge is 0.305 e. The second-order valence-corrected chi connectivity index (χ2v) is 16.4. The van der Waals surface area contributed by atoms with Crippen LogP contribution in [-0.4, -0.2) is 12.6 Å². The molecule has 0 amide bonds. The first kappa shape index (κ1) is 33.4. The van der Waals surface area contributed by atoms with Crippen LogP contribution in [0.3, 0.4) is 0 Å². The average molecular weight is 571 g/mol. The van der Waals surface area contributed by atoms with Crippen molar-refractivity contribution in [3.05, 3.63) is 0 Å². The van der Waals surface area contributed by atoms with Gasteiger partial charge in [-0.15, -0.1) is 0 Å². The van der Waals surface area contributed by atoms with Gasteiger partial charge in [0, 0.05) is 6.42 Å². The Labute approximate surface area is 256 Å². The number of esters is 1. The van der Waals surface area contributed by atoms with Crippen LogP contribution >= 0.6 is 0 Å². The van der Waals surface area contributed by atoms with Crippen molar-refractivity contribution in [1.29, 1.82) is 0 Å². The molecule has 0 aromatic rings. The molecule has 0 heterocycles. The normalized spacial score (nSPS) is 36.2. The summed E-state index contributed by atoms with van der Waals surface area (Å²) < 4.78 is 5.68. The van der Waals surface area contributed by atoms with E-state index in [-0.39, 0.29) is 5.97 Å². The van der Waals surface area contributed by atoms with Crippen molar-refractivity contribution in [3.63, 3.8) is 0 Å². The van der Waals surface area contributed by atoms with Crippen LogP contribution in [0.1, 0.15) is 182 Å². The zero-order valence-electron chi connectivity index (χ0n) is 28.3. The lowest BCUT2D eigenvalue weighted by molar-refractivity contribution is -0.145. The van der Waals surface area contributed by atoms with Gasteiger partial charge in [0.1, 0.15) is 0 Å². The first-order valence-electron chi connectivity index (χ1n) is 18.9. The molecule has 2 heteroatoms. The Bertz CT molecular complexity index is 776. The SMILES string of the molecule is CCCCCCCCCCCC(=O)OCC(C)CCC[C@@H](C)[C@H]1CC[C@H]2[C@@H]3CCC4CCCC[C@]4(C)[C@H]3CC[C@]12C. The number of rotatable bonds is 17. The summed E-state index contributed by atoms with van der Waals surface area (Å²) in [5, 5.41) is 0. The van der Waals surface area contributed by atoms with Crippen LogP contribution in [-0.2, 0) is 9.53 Å². The molecule has 4 saturated carbocycles. The molecule has 41 heavy (non-hydrogen) atoms. The molecule has 2 unspecified atom stereocenters. The lowest BCUT2D eigenvalue weighted by Crippen LogP contribution is -2.53. The van der Waals surface area contributed by atoms with E-state index >= 15 is 0 Å². The Kier molecular flexibility index (Phi) is 13.0. The van der Waals surface area contributed by atoms with Crippen molar-refractivity contribution >= 4 is 5.97 Å². The van der Waals surface area contributed by atoms with E-state index in [0.717, 1.165) is 41.9 Å². The summed E-state index contributed by atoms with van der Waals surface area (Å²) in [6.07, 6.45) is 31.2. The van der Waals surface area contributed by atoms with Gasteiger partial charge in [-0.1, -0.05) is 112 Å². The van der Waals surface area contributed by atoms with Crippen LogP contribution < -0.4 is 0 Å². The molecule has 0 aromatic heterocycles. The van der Waals surface area contributed by atoms with Crippen LogP contribution in [0, 0.1) is 52.3 Å². The lowest BCUT2D eigenvalue weighted by Gasteiger charge is -2.61. The topological polar surface area (TPSA) is 26.3 Å². The first-order chi connectivity index (χ1) is 19.8. The molecule has 2 nitrogen and oxygen atoms in total. The highest BCUT2D eigenvalue weighted by Crippen LogP contribution is 2.68. The third kappa shape index (κ3) is 8.35. The van der Waals surface area contributed by atoms with Gasteiger partial charge in [0.2, 0.25) is 0 Å². The van der Waals surface area contributed by atoms with Crippen molar-refractivity contribution in [2.75, 3.05) is 6.61 Å². The Morgan fingerprint density at radius 1 is 0.732 bits per heavy atom. The molecule has 9 atom stereocenters. The Morgan fingerprint density at radius 2 is 1.44 bits per heavy atom. The molecule has 0 radical (unpaired) electrons. The second kappa shape index (κ2) is 16.0. The van der Waals surface area contributed by atoms with Crippen molar-refractivity contribution in [2.24, 2.45) is 52.3 Å². The van der Waals surface area contributed by atoms with E-state index in [4.69, 9.17) is 4.74 Å². The molecule has 4 aliphatic rings. The minimum absolute atomic E-state index is 0.0322. The minimum Gasteiger partial charge on any atom is -0.465 e. The summed E-state index contributed by atoms with van der Waals surface area (Å²) in [4.78, 5) is 12.3. The van der Waals surface area contributed by atoms with Crippen LogP contribution in [0.15, 0.2) is 0 Å². The first-order valence-corrected chi connectivity index (χ1v) is 18.9. The Hall–Kier alpha value is -0.530. The number of ether oxygens (including phenoxy) is 1. The fourth-order valence-electron chi connectivity index (χ4n) is 11.2. The quantitative estimate of drug-likeness (QED) is 0.128. The highest BCUT2D eigenvalue weighted by atomic mass is 16.5. The number of fused-ring (bicyclic) bond motifs is 5. The maximum atomic E-state index is 12.3. The largest absolute Gasteiger partial charge is 0.465 e. The van der Waals surface area contributed by atoms with Crippen molar-refractivity contribution in [3.8, 4) is 0 Å². The molecule has 4 aliphatic carbocycles. The average Bonchev–Trinajstić information content (AvgIpc) is 3.32.